The predicted molar refractivity (Wildman–Crippen MR) is 90.0 cm³/mol. The first-order valence-corrected chi connectivity index (χ1v) is 7.83. The Bertz CT molecular complexity index is 754. The summed E-state index contributed by atoms with van der Waals surface area (Å²) in [5.41, 5.74) is 8.78. The lowest BCUT2D eigenvalue weighted by atomic mass is 10.1. The summed E-state index contributed by atoms with van der Waals surface area (Å²) in [6.45, 7) is 9.45. The maximum Gasteiger partial charge on any atom is 0.343 e. The second kappa shape index (κ2) is 6.78. The lowest BCUT2D eigenvalue weighted by Gasteiger charge is -2.07. The van der Waals surface area contributed by atoms with Gasteiger partial charge in [-0.3, -0.25) is 4.79 Å². The van der Waals surface area contributed by atoms with Gasteiger partial charge in [0.2, 0.25) is 5.78 Å². The third-order valence-electron chi connectivity index (χ3n) is 3.61. The fourth-order valence-electron chi connectivity index (χ4n) is 2.41. The molecule has 2 N–H and O–H groups in total. The van der Waals surface area contributed by atoms with E-state index in [4.69, 9.17) is 10.5 Å². The van der Waals surface area contributed by atoms with Crippen molar-refractivity contribution in [1.29, 1.82) is 0 Å². The maximum absolute atomic E-state index is 12.3. The molecule has 2 aromatic rings. The summed E-state index contributed by atoms with van der Waals surface area (Å²) in [6.07, 6.45) is 1.77. The van der Waals surface area contributed by atoms with Gasteiger partial charge in [0.25, 0.3) is 0 Å². The lowest BCUT2D eigenvalue weighted by molar-refractivity contribution is 0.0475. The smallest absolute Gasteiger partial charge is 0.343 e. The molecule has 0 spiro atoms. The first-order chi connectivity index (χ1) is 10.9. The third-order valence-corrected chi connectivity index (χ3v) is 4.38. The molecular weight excluding hydrogens is 314 g/mol. The SMILES string of the molecule is C=CCn1c(C)cc(C(=O)COC(=O)c2c(C)nsc2N)c1C. The van der Waals surface area contributed by atoms with Gasteiger partial charge in [-0.2, -0.15) is 4.37 Å². The second-order valence-corrected chi connectivity index (χ2v) is 6.00. The van der Waals surface area contributed by atoms with Crippen molar-refractivity contribution in [2.24, 2.45) is 0 Å². The van der Waals surface area contributed by atoms with E-state index in [0.717, 1.165) is 22.9 Å². The Morgan fingerprint density at radius 1 is 1.43 bits per heavy atom. The van der Waals surface area contributed by atoms with Gasteiger partial charge < -0.3 is 15.0 Å². The summed E-state index contributed by atoms with van der Waals surface area (Å²) in [5, 5.41) is 0.295. The number of nitrogens with zero attached hydrogens (tertiary/aromatic N) is 2. The number of allylic oxidation sites excluding steroid dienone is 1. The van der Waals surface area contributed by atoms with Gasteiger partial charge in [-0.1, -0.05) is 6.08 Å². The Kier molecular flexibility index (Phi) is 5.00. The minimum absolute atomic E-state index is 0.236. The predicted octanol–water partition coefficient (Wildman–Crippen LogP) is 2.68. The van der Waals surface area contributed by atoms with Crippen molar-refractivity contribution in [2.45, 2.75) is 27.3 Å². The number of aromatic nitrogens is 2. The molecule has 0 aliphatic rings. The first kappa shape index (κ1) is 17.0. The molecule has 122 valence electrons. The first-order valence-electron chi connectivity index (χ1n) is 7.06. The Morgan fingerprint density at radius 3 is 2.70 bits per heavy atom. The van der Waals surface area contributed by atoms with Gasteiger partial charge in [-0.25, -0.2) is 4.79 Å². The summed E-state index contributed by atoms with van der Waals surface area (Å²) in [6, 6.07) is 1.79. The molecule has 0 aliphatic heterocycles. The summed E-state index contributed by atoms with van der Waals surface area (Å²) in [5.74, 6) is -0.872. The van der Waals surface area contributed by atoms with Crippen molar-refractivity contribution in [3.63, 3.8) is 0 Å². The van der Waals surface area contributed by atoms with E-state index in [1.807, 2.05) is 18.4 Å². The van der Waals surface area contributed by atoms with E-state index in [9.17, 15) is 9.59 Å². The lowest BCUT2D eigenvalue weighted by Crippen LogP contribution is -2.16. The molecule has 0 fully saturated rings. The van der Waals surface area contributed by atoms with Crippen LogP contribution in [0.1, 0.15) is 37.8 Å². The van der Waals surface area contributed by atoms with Crippen molar-refractivity contribution in [2.75, 3.05) is 12.3 Å². The monoisotopic (exact) mass is 333 g/mol. The largest absolute Gasteiger partial charge is 0.454 e. The molecule has 2 heterocycles. The number of ketones is 1. The third kappa shape index (κ3) is 3.34. The van der Waals surface area contributed by atoms with Crippen LogP contribution in [-0.2, 0) is 11.3 Å². The summed E-state index contributed by atoms with van der Waals surface area (Å²) in [7, 11) is 0. The van der Waals surface area contributed by atoms with Crippen LogP contribution in [0, 0.1) is 20.8 Å². The summed E-state index contributed by atoms with van der Waals surface area (Å²) >= 11 is 1.03. The number of nitrogens with two attached hydrogens (primary N) is 1. The molecule has 0 aliphatic carbocycles. The average Bonchev–Trinajstić information content (AvgIpc) is 2.98. The number of nitrogen functional groups attached to an aromatic ring is 1. The second-order valence-electron chi connectivity index (χ2n) is 5.19. The van der Waals surface area contributed by atoms with Gasteiger partial charge in [-0.15, -0.1) is 6.58 Å². The van der Waals surface area contributed by atoms with E-state index < -0.39 is 5.97 Å². The number of hydrogen-bond donors (Lipinski definition) is 1. The topological polar surface area (TPSA) is 87.2 Å². The molecule has 0 amide bonds. The Labute approximate surface area is 138 Å². The van der Waals surface area contributed by atoms with Gasteiger partial charge in [0.15, 0.2) is 6.61 Å². The molecular formula is C16H19N3O3S. The van der Waals surface area contributed by atoms with Crippen LogP contribution in [0.2, 0.25) is 0 Å². The molecule has 6 nitrogen and oxygen atoms in total. The molecule has 7 heteroatoms. The standard InChI is InChI=1S/C16H19N3O3S/c1-5-6-19-9(2)7-12(11(19)4)13(20)8-22-16(21)14-10(3)18-23-15(14)17/h5,7H,1,6,8,17H2,2-4H3. The molecule has 0 aromatic carbocycles. The van der Waals surface area contributed by atoms with E-state index in [-0.39, 0.29) is 18.0 Å². The van der Waals surface area contributed by atoms with Crippen LogP contribution in [-0.4, -0.2) is 27.3 Å². The molecule has 0 atom stereocenters. The zero-order chi connectivity index (χ0) is 17.1. The number of ether oxygens (including phenoxy) is 1. The van der Waals surface area contributed by atoms with Crippen LogP contribution in [0.5, 0.6) is 0 Å². The van der Waals surface area contributed by atoms with Crippen LogP contribution < -0.4 is 5.73 Å². The molecule has 2 aromatic heterocycles. The van der Waals surface area contributed by atoms with Crippen LogP contribution in [0.3, 0.4) is 0 Å². The molecule has 0 radical (unpaired) electrons. The highest BCUT2D eigenvalue weighted by atomic mass is 32.1. The highest BCUT2D eigenvalue weighted by Crippen LogP contribution is 2.22. The maximum atomic E-state index is 12.3. The molecule has 0 bridgehead atoms. The summed E-state index contributed by atoms with van der Waals surface area (Å²) < 4.78 is 11.1. The molecule has 2 rings (SSSR count). The van der Waals surface area contributed by atoms with Gasteiger partial charge in [0, 0.05) is 23.5 Å². The van der Waals surface area contributed by atoms with Gasteiger partial charge in [-0.05, 0) is 38.4 Å². The number of esters is 1. The van der Waals surface area contributed by atoms with Gasteiger partial charge in [0.1, 0.15) is 10.6 Å². The van der Waals surface area contributed by atoms with E-state index in [1.54, 1.807) is 19.1 Å². The Hall–Kier alpha value is -2.41. The van der Waals surface area contributed by atoms with E-state index in [1.165, 1.54) is 0 Å². The number of hydrogen-bond acceptors (Lipinski definition) is 6. The number of Topliss-reactive ketones (excluding diaryl/α,β-unsaturated/α-hetero) is 1. The number of rotatable bonds is 6. The molecule has 0 saturated heterocycles. The molecule has 0 saturated carbocycles. The van der Waals surface area contributed by atoms with Crippen molar-refractivity contribution in [3.05, 3.63) is 46.9 Å². The minimum Gasteiger partial charge on any atom is -0.454 e. The van der Waals surface area contributed by atoms with E-state index >= 15 is 0 Å². The van der Waals surface area contributed by atoms with Crippen molar-refractivity contribution in [1.82, 2.24) is 8.94 Å². The Balaban J connectivity index is 2.10. The highest BCUT2D eigenvalue weighted by molar-refractivity contribution is 7.10. The minimum atomic E-state index is -0.623. The van der Waals surface area contributed by atoms with Crippen LogP contribution in [0.4, 0.5) is 5.00 Å². The van der Waals surface area contributed by atoms with E-state index in [2.05, 4.69) is 11.0 Å². The van der Waals surface area contributed by atoms with Gasteiger partial charge >= 0.3 is 5.97 Å². The van der Waals surface area contributed by atoms with Crippen molar-refractivity contribution >= 4 is 28.3 Å². The zero-order valence-corrected chi connectivity index (χ0v) is 14.2. The van der Waals surface area contributed by atoms with Crippen molar-refractivity contribution < 1.29 is 14.3 Å². The van der Waals surface area contributed by atoms with Crippen molar-refractivity contribution in [3.8, 4) is 0 Å². The van der Waals surface area contributed by atoms with E-state index in [0.29, 0.717) is 22.8 Å². The number of carbonyl (C=O) groups excluding carboxylic acids is 2. The number of aryl methyl sites for hydroxylation is 2. The molecule has 23 heavy (non-hydrogen) atoms. The average molecular weight is 333 g/mol. The van der Waals surface area contributed by atoms with Crippen LogP contribution in [0.25, 0.3) is 0 Å². The number of carbonyl (C=O) groups is 2. The van der Waals surface area contributed by atoms with Gasteiger partial charge in [0.05, 0.1) is 5.69 Å². The fourth-order valence-corrected chi connectivity index (χ4v) is 3.06. The number of anilines is 1. The summed E-state index contributed by atoms with van der Waals surface area (Å²) in [4.78, 5) is 24.4. The molecule has 0 unspecified atom stereocenters. The highest BCUT2D eigenvalue weighted by Gasteiger charge is 2.21. The Morgan fingerprint density at radius 2 is 2.13 bits per heavy atom. The quantitative estimate of drug-likeness (QED) is 0.499. The normalized spacial score (nSPS) is 10.6. The zero-order valence-electron chi connectivity index (χ0n) is 13.4. The van der Waals surface area contributed by atoms with Crippen LogP contribution in [0.15, 0.2) is 18.7 Å². The fraction of sp³-hybridized carbons (Fsp3) is 0.312. The van der Waals surface area contributed by atoms with Crippen LogP contribution >= 0.6 is 11.5 Å².